The Kier molecular flexibility index (Phi) is 3.66. The molecule has 0 radical (unpaired) electrons. The average Bonchev–Trinajstić information content (AvgIpc) is 2.06. The van der Waals surface area contributed by atoms with Gasteiger partial charge in [-0.3, -0.25) is 0 Å². The normalized spacial score (nSPS) is 12.8. The van der Waals surface area contributed by atoms with Crippen molar-refractivity contribution in [3.63, 3.8) is 0 Å². The maximum atomic E-state index is 12.0. The second-order valence-electron chi connectivity index (χ2n) is 2.70. The predicted octanol–water partition coefficient (Wildman–Crippen LogP) is 2.41. The molecule has 0 aliphatic heterocycles. The van der Waals surface area contributed by atoms with Gasteiger partial charge in [0.05, 0.1) is 0 Å². The topological polar surface area (TPSA) is 0 Å². The molecule has 1 aromatic rings. The Morgan fingerprint density at radius 1 is 1.33 bits per heavy atom. The van der Waals surface area contributed by atoms with Crippen molar-refractivity contribution in [1.29, 1.82) is 0 Å². The number of aryl methyl sites for hydroxylation is 1. The van der Waals surface area contributed by atoms with E-state index >= 15 is 0 Å². The average molecular weight is 182 g/mol. The van der Waals surface area contributed by atoms with Crippen LogP contribution in [0.2, 0.25) is 0 Å². The molecule has 64 valence electrons. The van der Waals surface area contributed by atoms with Crippen molar-refractivity contribution in [3.05, 3.63) is 29.8 Å². The number of benzene rings is 1. The second-order valence-corrected chi connectivity index (χ2v) is 4.56. The zero-order valence-corrected chi connectivity index (χ0v) is 8.03. The molecular formula is C9H12BFS. The standard InChI is InChI=1S/C9H12BFS/c1-8-2-4-9(5-3-8)12(10)7-6-11/h2-5,10H,6-7H2,1H3. The van der Waals surface area contributed by atoms with Gasteiger partial charge in [-0.25, -0.2) is 0 Å². The Labute approximate surface area is 76.0 Å². The van der Waals surface area contributed by atoms with Gasteiger partial charge in [-0.2, -0.15) is 0 Å². The van der Waals surface area contributed by atoms with Crippen molar-refractivity contribution >= 4 is 17.0 Å². The Balaban J connectivity index is 2.75. The van der Waals surface area contributed by atoms with Crippen LogP contribution in [0.15, 0.2) is 29.2 Å². The first-order valence-electron chi connectivity index (χ1n) is 3.87. The van der Waals surface area contributed by atoms with Crippen molar-refractivity contribution < 1.29 is 4.39 Å². The summed E-state index contributed by atoms with van der Waals surface area (Å²) in [5.41, 5.74) is 1.23. The van der Waals surface area contributed by atoms with Crippen LogP contribution in [0.4, 0.5) is 4.39 Å². The fraction of sp³-hybridized carbons (Fsp3) is 0.333. The Morgan fingerprint density at radius 3 is 2.42 bits per heavy atom. The molecule has 0 amide bonds. The molecule has 1 unspecified atom stereocenters. The molecule has 1 atom stereocenters. The summed E-state index contributed by atoms with van der Waals surface area (Å²) in [5, 5.41) is 0. The molecule has 0 spiro atoms. The van der Waals surface area contributed by atoms with Gasteiger partial charge in [0.1, 0.15) is 0 Å². The number of rotatable bonds is 3. The van der Waals surface area contributed by atoms with Crippen LogP contribution in [0.1, 0.15) is 5.56 Å². The predicted molar refractivity (Wildman–Crippen MR) is 55.0 cm³/mol. The first kappa shape index (κ1) is 9.65. The fourth-order valence-electron chi connectivity index (χ4n) is 0.942. The maximum absolute atomic E-state index is 12.0. The van der Waals surface area contributed by atoms with Crippen molar-refractivity contribution in [2.45, 2.75) is 11.8 Å². The molecule has 1 rings (SSSR count). The van der Waals surface area contributed by atoms with Gasteiger partial charge < -0.3 is 0 Å². The van der Waals surface area contributed by atoms with Gasteiger partial charge in [0.2, 0.25) is 0 Å². The van der Waals surface area contributed by atoms with Crippen molar-refractivity contribution in [3.8, 4) is 0 Å². The molecule has 0 bridgehead atoms. The first-order valence-corrected chi connectivity index (χ1v) is 5.43. The van der Waals surface area contributed by atoms with Gasteiger partial charge in [-0.05, 0) is 0 Å². The molecule has 0 heterocycles. The van der Waals surface area contributed by atoms with E-state index in [0.717, 1.165) is 4.90 Å². The molecule has 0 nitrogen and oxygen atoms in total. The van der Waals surface area contributed by atoms with E-state index in [1.807, 2.05) is 31.2 Å². The first-order chi connectivity index (χ1) is 5.74. The molecular weight excluding hydrogens is 170 g/mol. The van der Waals surface area contributed by atoms with Crippen LogP contribution in [-0.2, 0) is 0 Å². The minimum absolute atomic E-state index is 0.167. The zero-order valence-electron chi connectivity index (χ0n) is 7.22. The number of hydrogen-bond donors (Lipinski definition) is 0. The summed E-state index contributed by atoms with van der Waals surface area (Å²) in [7, 11) is -0.167. The summed E-state index contributed by atoms with van der Waals surface area (Å²) in [6.45, 7) is 5.68. The van der Waals surface area contributed by atoms with Gasteiger partial charge in [0.25, 0.3) is 0 Å². The summed E-state index contributed by atoms with van der Waals surface area (Å²) >= 11 is 0. The van der Waals surface area contributed by atoms with Crippen molar-refractivity contribution in [2.75, 3.05) is 12.4 Å². The monoisotopic (exact) mass is 182 g/mol. The molecule has 0 aliphatic rings. The molecule has 3 heteroatoms. The van der Waals surface area contributed by atoms with Crippen molar-refractivity contribution in [2.24, 2.45) is 0 Å². The van der Waals surface area contributed by atoms with Crippen molar-refractivity contribution in [1.82, 2.24) is 0 Å². The summed E-state index contributed by atoms with van der Waals surface area (Å²) in [5.74, 6) is 0.545. The summed E-state index contributed by atoms with van der Waals surface area (Å²) in [6, 6.07) is 8.14. The number of hydrogen-bond acceptors (Lipinski definition) is 0. The van der Waals surface area contributed by atoms with Gasteiger partial charge in [-0.1, -0.05) is 0 Å². The van der Waals surface area contributed by atoms with Crippen LogP contribution in [-0.4, -0.2) is 19.1 Å². The SMILES string of the molecule is B=S(CCF)c1ccc(C)cc1. The van der Waals surface area contributed by atoms with Crippen LogP contribution < -0.4 is 0 Å². The quantitative estimate of drug-likeness (QED) is 0.629. The van der Waals surface area contributed by atoms with Gasteiger partial charge in [0.15, 0.2) is 0 Å². The summed E-state index contributed by atoms with van der Waals surface area (Å²) in [6.07, 6.45) is 0. The zero-order chi connectivity index (χ0) is 8.97. The summed E-state index contributed by atoms with van der Waals surface area (Å²) in [4.78, 5) is 1.15. The molecule has 0 saturated heterocycles. The van der Waals surface area contributed by atoms with E-state index in [9.17, 15) is 4.39 Å². The molecule has 0 aromatic heterocycles. The van der Waals surface area contributed by atoms with Crippen LogP contribution in [0, 0.1) is 6.92 Å². The van der Waals surface area contributed by atoms with E-state index in [-0.39, 0.29) is 17.0 Å². The number of alkyl halides is 1. The van der Waals surface area contributed by atoms with E-state index < -0.39 is 0 Å². The minimum atomic E-state index is -0.277. The third-order valence-electron chi connectivity index (χ3n) is 1.68. The van der Waals surface area contributed by atoms with E-state index in [4.69, 9.17) is 0 Å². The molecule has 12 heavy (non-hydrogen) atoms. The Bertz CT molecular complexity index is 268. The van der Waals surface area contributed by atoms with E-state index in [1.54, 1.807) is 0 Å². The second kappa shape index (κ2) is 4.56. The number of halogens is 1. The van der Waals surface area contributed by atoms with Crippen LogP contribution in [0.5, 0.6) is 0 Å². The third kappa shape index (κ3) is 2.56. The van der Waals surface area contributed by atoms with Gasteiger partial charge in [-0.15, -0.1) is 0 Å². The van der Waals surface area contributed by atoms with Gasteiger partial charge >= 0.3 is 75.5 Å². The molecule has 0 aliphatic carbocycles. The molecule has 0 fully saturated rings. The summed E-state index contributed by atoms with van der Waals surface area (Å²) < 4.78 is 12.0. The van der Waals surface area contributed by atoms with Crippen LogP contribution >= 0.6 is 10.3 Å². The van der Waals surface area contributed by atoms with E-state index in [2.05, 4.69) is 6.72 Å². The molecule has 0 N–H and O–H groups in total. The Hall–Kier alpha value is -0.435. The Morgan fingerprint density at radius 2 is 1.92 bits per heavy atom. The van der Waals surface area contributed by atoms with E-state index in [0.29, 0.717) is 5.75 Å². The van der Waals surface area contributed by atoms with Crippen LogP contribution in [0.3, 0.4) is 0 Å². The van der Waals surface area contributed by atoms with Crippen LogP contribution in [0.25, 0.3) is 0 Å². The third-order valence-corrected chi connectivity index (χ3v) is 3.26. The van der Waals surface area contributed by atoms with Gasteiger partial charge in [0, 0.05) is 0 Å². The van der Waals surface area contributed by atoms with E-state index in [1.165, 1.54) is 5.56 Å². The molecule has 1 aromatic carbocycles. The molecule has 0 saturated carbocycles. The fourth-order valence-corrected chi connectivity index (χ4v) is 1.88.